The third-order valence-electron chi connectivity index (χ3n) is 4.24. The Morgan fingerprint density at radius 1 is 1.44 bits per heavy atom. The molecule has 1 unspecified atom stereocenters. The van der Waals surface area contributed by atoms with Crippen molar-refractivity contribution in [3.05, 3.63) is 30.2 Å². The van der Waals surface area contributed by atoms with Gasteiger partial charge in [-0.1, -0.05) is 18.1 Å². The lowest BCUT2D eigenvalue weighted by Gasteiger charge is -2.33. The van der Waals surface area contributed by atoms with Crippen molar-refractivity contribution in [2.75, 3.05) is 26.2 Å². The maximum absolute atomic E-state index is 5.29. The van der Waals surface area contributed by atoms with Crippen molar-refractivity contribution in [1.82, 2.24) is 25.3 Å². The maximum Gasteiger partial charge on any atom is 0.276 e. The van der Waals surface area contributed by atoms with Crippen LogP contribution in [0, 0.1) is 5.92 Å². The van der Waals surface area contributed by atoms with E-state index in [2.05, 4.69) is 39.2 Å². The molecular formula is C18H26N6O. The molecule has 0 aliphatic carbocycles. The van der Waals surface area contributed by atoms with E-state index in [0.29, 0.717) is 30.4 Å². The molecule has 0 radical (unpaired) electrons. The molecule has 1 fully saturated rings. The van der Waals surface area contributed by atoms with Gasteiger partial charge >= 0.3 is 0 Å². The van der Waals surface area contributed by atoms with Crippen LogP contribution in [0.2, 0.25) is 0 Å². The van der Waals surface area contributed by atoms with E-state index in [1.807, 2.05) is 18.2 Å². The number of hydrogen-bond acceptors (Lipinski definition) is 5. The molecule has 3 rings (SSSR count). The van der Waals surface area contributed by atoms with Gasteiger partial charge in [0.1, 0.15) is 5.69 Å². The highest BCUT2D eigenvalue weighted by atomic mass is 16.5. The number of pyridine rings is 1. The van der Waals surface area contributed by atoms with Crippen LogP contribution in [-0.4, -0.2) is 52.2 Å². The van der Waals surface area contributed by atoms with Crippen molar-refractivity contribution >= 4 is 5.96 Å². The predicted octanol–water partition coefficient (Wildman–Crippen LogP) is 2.37. The highest BCUT2D eigenvalue weighted by Crippen LogP contribution is 2.16. The van der Waals surface area contributed by atoms with Gasteiger partial charge in [-0.2, -0.15) is 4.98 Å². The fraction of sp³-hybridized carbons (Fsp3) is 0.556. The second kappa shape index (κ2) is 8.60. The molecule has 2 aromatic heterocycles. The first-order chi connectivity index (χ1) is 12.3. The van der Waals surface area contributed by atoms with Gasteiger partial charge in [0.15, 0.2) is 11.8 Å². The third-order valence-corrected chi connectivity index (χ3v) is 4.24. The molecule has 0 saturated carbocycles. The van der Waals surface area contributed by atoms with E-state index in [-0.39, 0.29) is 0 Å². The SMILES string of the molecule is CCNC(=NCCc1noc(-c2ccccn2)n1)N1CCCC(C)C1. The first-order valence-electron chi connectivity index (χ1n) is 9.03. The van der Waals surface area contributed by atoms with Crippen molar-refractivity contribution in [3.8, 4) is 11.6 Å². The summed E-state index contributed by atoms with van der Waals surface area (Å²) in [5, 5.41) is 7.42. The van der Waals surface area contributed by atoms with Crippen LogP contribution in [0.15, 0.2) is 33.9 Å². The molecule has 1 aliphatic rings. The van der Waals surface area contributed by atoms with E-state index in [0.717, 1.165) is 31.5 Å². The molecule has 25 heavy (non-hydrogen) atoms. The van der Waals surface area contributed by atoms with Crippen LogP contribution >= 0.6 is 0 Å². The lowest BCUT2D eigenvalue weighted by Crippen LogP contribution is -2.46. The summed E-state index contributed by atoms with van der Waals surface area (Å²) in [7, 11) is 0. The Labute approximate surface area is 148 Å². The Bertz CT molecular complexity index is 684. The Morgan fingerprint density at radius 2 is 2.36 bits per heavy atom. The molecule has 0 bridgehead atoms. The van der Waals surface area contributed by atoms with Gasteiger partial charge in [0.05, 0.1) is 0 Å². The Morgan fingerprint density at radius 3 is 3.12 bits per heavy atom. The van der Waals surface area contributed by atoms with E-state index >= 15 is 0 Å². The summed E-state index contributed by atoms with van der Waals surface area (Å²) in [5.74, 6) is 2.82. The number of aromatic nitrogens is 3. The van der Waals surface area contributed by atoms with E-state index in [4.69, 9.17) is 9.52 Å². The lowest BCUT2D eigenvalue weighted by atomic mass is 10.0. The minimum absolute atomic E-state index is 0.455. The summed E-state index contributed by atoms with van der Waals surface area (Å²) in [5.41, 5.74) is 0.695. The van der Waals surface area contributed by atoms with Gasteiger partial charge in [-0.05, 0) is 37.8 Å². The van der Waals surface area contributed by atoms with Gasteiger partial charge in [0.2, 0.25) is 0 Å². The predicted molar refractivity (Wildman–Crippen MR) is 97.2 cm³/mol. The topological polar surface area (TPSA) is 79.4 Å². The summed E-state index contributed by atoms with van der Waals surface area (Å²) in [6, 6.07) is 5.62. The molecule has 1 N–H and O–H groups in total. The molecule has 2 aromatic rings. The van der Waals surface area contributed by atoms with Gasteiger partial charge < -0.3 is 14.7 Å². The lowest BCUT2D eigenvalue weighted by molar-refractivity contribution is 0.266. The van der Waals surface area contributed by atoms with E-state index in [9.17, 15) is 0 Å². The smallest absolute Gasteiger partial charge is 0.276 e. The van der Waals surface area contributed by atoms with Crippen molar-refractivity contribution in [1.29, 1.82) is 0 Å². The van der Waals surface area contributed by atoms with Crippen LogP contribution < -0.4 is 5.32 Å². The van der Waals surface area contributed by atoms with Crippen LogP contribution in [-0.2, 0) is 6.42 Å². The molecule has 7 nitrogen and oxygen atoms in total. The largest absolute Gasteiger partial charge is 0.357 e. The van der Waals surface area contributed by atoms with Gasteiger partial charge in [-0.3, -0.25) is 9.98 Å². The number of likely N-dealkylation sites (tertiary alicyclic amines) is 1. The Kier molecular flexibility index (Phi) is 5.98. The molecule has 7 heteroatoms. The summed E-state index contributed by atoms with van der Waals surface area (Å²) >= 11 is 0. The first-order valence-corrected chi connectivity index (χ1v) is 9.03. The number of nitrogens with one attached hydrogen (secondary N) is 1. The van der Waals surface area contributed by atoms with Crippen molar-refractivity contribution in [2.45, 2.75) is 33.1 Å². The van der Waals surface area contributed by atoms with Crippen molar-refractivity contribution < 1.29 is 4.52 Å². The second-order valence-electron chi connectivity index (χ2n) is 6.41. The Balaban J connectivity index is 1.59. The number of nitrogens with zero attached hydrogens (tertiary/aromatic N) is 5. The number of hydrogen-bond donors (Lipinski definition) is 1. The fourth-order valence-corrected chi connectivity index (χ4v) is 3.02. The van der Waals surface area contributed by atoms with Crippen LogP contribution in [0.5, 0.6) is 0 Å². The highest BCUT2D eigenvalue weighted by Gasteiger charge is 2.19. The number of guanidine groups is 1. The third kappa shape index (κ3) is 4.78. The summed E-state index contributed by atoms with van der Waals surface area (Å²) < 4.78 is 5.29. The molecule has 1 aliphatic heterocycles. The summed E-state index contributed by atoms with van der Waals surface area (Å²) in [6.07, 6.45) is 4.89. The van der Waals surface area contributed by atoms with Gasteiger partial charge in [-0.25, -0.2) is 0 Å². The van der Waals surface area contributed by atoms with Crippen LogP contribution in [0.4, 0.5) is 0 Å². The van der Waals surface area contributed by atoms with E-state index < -0.39 is 0 Å². The molecule has 0 aromatic carbocycles. The first kappa shape index (κ1) is 17.4. The minimum Gasteiger partial charge on any atom is -0.357 e. The van der Waals surface area contributed by atoms with Gasteiger partial charge in [0, 0.05) is 38.8 Å². The molecule has 0 spiro atoms. The van der Waals surface area contributed by atoms with E-state index in [1.165, 1.54) is 12.8 Å². The fourth-order valence-electron chi connectivity index (χ4n) is 3.02. The number of rotatable bonds is 5. The molecular weight excluding hydrogens is 316 g/mol. The molecule has 0 amide bonds. The monoisotopic (exact) mass is 342 g/mol. The standard InChI is InChI=1S/C18H26N6O/c1-3-19-18(24-12-6-7-14(2)13-24)21-11-9-16-22-17(25-23-16)15-8-4-5-10-20-15/h4-5,8,10,14H,3,6-7,9,11-13H2,1-2H3,(H,19,21). The quantitative estimate of drug-likeness (QED) is 0.664. The van der Waals surface area contributed by atoms with E-state index in [1.54, 1.807) is 6.20 Å². The molecule has 134 valence electrons. The maximum atomic E-state index is 5.29. The average molecular weight is 342 g/mol. The Hall–Kier alpha value is -2.44. The highest BCUT2D eigenvalue weighted by molar-refractivity contribution is 5.80. The van der Waals surface area contributed by atoms with Gasteiger partial charge in [-0.15, -0.1) is 0 Å². The second-order valence-corrected chi connectivity index (χ2v) is 6.41. The van der Waals surface area contributed by atoms with Crippen molar-refractivity contribution in [2.24, 2.45) is 10.9 Å². The van der Waals surface area contributed by atoms with Crippen LogP contribution in [0.25, 0.3) is 11.6 Å². The van der Waals surface area contributed by atoms with Crippen LogP contribution in [0.1, 0.15) is 32.5 Å². The zero-order valence-corrected chi connectivity index (χ0v) is 15.0. The summed E-state index contributed by atoms with van der Waals surface area (Å²) in [6.45, 7) is 8.04. The molecule has 3 heterocycles. The van der Waals surface area contributed by atoms with Crippen molar-refractivity contribution in [3.63, 3.8) is 0 Å². The minimum atomic E-state index is 0.455. The van der Waals surface area contributed by atoms with Gasteiger partial charge in [0.25, 0.3) is 5.89 Å². The zero-order chi connectivity index (χ0) is 17.5. The number of piperidine rings is 1. The average Bonchev–Trinajstić information content (AvgIpc) is 3.11. The molecule has 1 saturated heterocycles. The normalized spacial score (nSPS) is 18.4. The molecule has 1 atom stereocenters. The number of aliphatic imine (C=N–C) groups is 1. The zero-order valence-electron chi connectivity index (χ0n) is 15.0. The van der Waals surface area contributed by atoms with Crippen LogP contribution in [0.3, 0.4) is 0 Å². The summed E-state index contributed by atoms with van der Waals surface area (Å²) in [4.78, 5) is 15.7.